The maximum Gasteiger partial charge on any atom is 0.211 e. The van der Waals surface area contributed by atoms with Gasteiger partial charge in [0.15, 0.2) is 0 Å². The van der Waals surface area contributed by atoms with Crippen LogP contribution in [0.5, 0.6) is 0 Å². The van der Waals surface area contributed by atoms with Crippen molar-refractivity contribution in [2.24, 2.45) is 0 Å². The lowest BCUT2D eigenvalue weighted by atomic mass is 10.2. The molecular weight excluding hydrogens is 279 g/mol. The molecule has 0 heterocycles. The van der Waals surface area contributed by atoms with Gasteiger partial charge in [-0.05, 0) is 38.4 Å². The first-order chi connectivity index (χ1) is 9.55. The van der Waals surface area contributed by atoms with Crippen LogP contribution >= 0.6 is 0 Å². The van der Waals surface area contributed by atoms with Crippen molar-refractivity contribution < 1.29 is 12.8 Å². The Hall–Kier alpha value is -0.980. The van der Waals surface area contributed by atoms with Crippen LogP contribution < -0.4 is 10.0 Å². The van der Waals surface area contributed by atoms with Crippen LogP contribution in [0.15, 0.2) is 24.3 Å². The summed E-state index contributed by atoms with van der Waals surface area (Å²) in [5.74, 6) is -0.311. The Morgan fingerprint density at radius 3 is 2.60 bits per heavy atom. The maximum absolute atomic E-state index is 13.3. The van der Waals surface area contributed by atoms with Crippen molar-refractivity contribution in [1.29, 1.82) is 0 Å². The van der Waals surface area contributed by atoms with Crippen LogP contribution in [-0.2, 0) is 16.6 Å². The highest BCUT2D eigenvalue weighted by molar-refractivity contribution is 7.89. The minimum Gasteiger partial charge on any atom is -0.317 e. The fraction of sp³-hybridized carbons (Fsp3) is 0.571. The average molecular weight is 302 g/mol. The third kappa shape index (κ3) is 6.98. The molecule has 6 heteroatoms. The summed E-state index contributed by atoms with van der Waals surface area (Å²) >= 11 is 0. The summed E-state index contributed by atoms with van der Waals surface area (Å²) in [6, 6.07) is 6.16. The molecule has 0 saturated heterocycles. The first-order valence-corrected chi connectivity index (χ1v) is 8.62. The normalized spacial score (nSPS) is 11.7. The summed E-state index contributed by atoms with van der Waals surface area (Å²) in [5.41, 5.74) is 0.362. The number of unbranched alkanes of at least 4 members (excludes halogenated alkanes) is 1. The number of halogens is 1. The minimum absolute atomic E-state index is 0.00307. The number of benzene rings is 1. The molecule has 0 amide bonds. The Balaban J connectivity index is 2.26. The number of rotatable bonds is 10. The van der Waals surface area contributed by atoms with Gasteiger partial charge in [-0.3, -0.25) is 0 Å². The van der Waals surface area contributed by atoms with E-state index in [4.69, 9.17) is 0 Å². The summed E-state index contributed by atoms with van der Waals surface area (Å²) in [6.07, 6.45) is 2.49. The molecule has 20 heavy (non-hydrogen) atoms. The predicted molar refractivity (Wildman–Crippen MR) is 79.4 cm³/mol. The van der Waals surface area contributed by atoms with Crippen molar-refractivity contribution in [2.75, 3.05) is 18.8 Å². The fourth-order valence-corrected chi connectivity index (χ4v) is 2.85. The molecule has 0 atom stereocenters. The van der Waals surface area contributed by atoms with Crippen molar-refractivity contribution >= 4 is 10.0 Å². The first-order valence-electron chi connectivity index (χ1n) is 6.96. The van der Waals surface area contributed by atoms with Crippen molar-refractivity contribution in [2.45, 2.75) is 32.7 Å². The first kappa shape index (κ1) is 17.1. The van der Waals surface area contributed by atoms with Gasteiger partial charge >= 0.3 is 0 Å². The smallest absolute Gasteiger partial charge is 0.211 e. The molecule has 0 aliphatic carbocycles. The standard InChI is InChI=1S/C14H23FN2O2S/c1-2-9-16-10-5-6-11-20(18,19)17-12-13-7-3-4-8-14(13)15/h3-4,7-8,16-17H,2,5-6,9-12H2,1H3. The van der Waals surface area contributed by atoms with E-state index >= 15 is 0 Å². The van der Waals surface area contributed by atoms with Crippen LogP contribution in [0.3, 0.4) is 0 Å². The molecule has 0 fully saturated rings. The molecule has 1 aromatic rings. The second kappa shape index (κ2) is 9.05. The maximum atomic E-state index is 13.3. The van der Waals surface area contributed by atoms with Gasteiger partial charge in [0.2, 0.25) is 10.0 Å². The fourth-order valence-electron chi connectivity index (χ4n) is 1.75. The van der Waals surface area contributed by atoms with E-state index in [1.54, 1.807) is 18.2 Å². The topological polar surface area (TPSA) is 58.2 Å². The predicted octanol–water partition coefficient (Wildman–Crippen LogP) is 2.02. The highest BCUT2D eigenvalue weighted by Crippen LogP contribution is 2.06. The van der Waals surface area contributed by atoms with Gasteiger partial charge in [0.1, 0.15) is 5.82 Å². The van der Waals surface area contributed by atoms with E-state index in [9.17, 15) is 12.8 Å². The van der Waals surface area contributed by atoms with Gasteiger partial charge in [0.05, 0.1) is 5.75 Å². The molecule has 0 unspecified atom stereocenters. The van der Waals surface area contributed by atoms with Gasteiger partial charge in [-0.1, -0.05) is 25.1 Å². The largest absolute Gasteiger partial charge is 0.317 e. The van der Waals surface area contributed by atoms with Crippen LogP contribution in [0, 0.1) is 5.82 Å². The zero-order valence-corrected chi connectivity index (χ0v) is 12.7. The van der Waals surface area contributed by atoms with Crippen LogP contribution in [0.4, 0.5) is 4.39 Å². The molecule has 0 saturated carbocycles. The molecule has 2 N–H and O–H groups in total. The SMILES string of the molecule is CCCNCCCCS(=O)(=O)NCc1ccccc1F. The molecule has 0 radical (unpaired) electrons. The minimum atomic E-state index is -3.33. The molecule has 0 aliphatic rings. The van der Waals surface area contributed by atoms with Gasteiger partial charge in [0, 0.05) is 12.1 Å². The Bertz CT molecular complexity index is 492. The van der Waals surface area contributed by atoms with E-state index in [0.717, 1.165) is 25.9 Å². The molecule has 114 valence electrons. The quantitative estimate of drug-likeness (QED) is 0.650. The number of hydrogen-bond donors (Lipinski definition) is 2. The van der Waals surface area contributed by atoms with Gasteiger partial charge in [-0.2, -0.15) is 0 Å². The van der Waals surface area contributed by atoms with Crippen molar-refractivity contribution in [3.8, 4) is 0 Å². The molecular formula is C14H23FN2O2S. The highest BCUT2D eigenvalue weighted by atomic mass is 32.2. The summed E-state index contributed by atoms with van der Waals surface area (Å²) < 4.78 is 39.3. The molecule has 0 spiro atoms. The number of sulfonamides is 1. The van der Waals surface area contributed by atoms with Crippen LogP contribution in [-0.4, -0.2) is 27.3 Å². The Morgan fingerprint density at radius 2 is 1.90 bits per heavy atom. The van der Waals surface area contributed by atoms with Crippen LogP contribution in [0.1, 0.15) is 31.7 Å². The lowest BCUT2D eigenvalue weighted by Crippen LogP contribution is -2.27. The van der Waals surface area contributed by atoms with E-state index in [-0.39, 0.29) is 18.1 Å². The zero-order chi connectivity index (χ0) is 14.8. The van der Waals surface area contributed by atoms with E-state index in [1.165, 1.54) is 6.07 Å². The van der Waals surface area contributed by atoms with Gasteiger partial charge in [-0.25, -0.2) is 17.5 Å². The Kier molecular flexibility index (Phi) is 7.72. The van der Waals surface area contributed by atoms with Gasteiger partial charge < -0.3 is 5.32 Å². The summed E-state index contributed by atoms with van der Waals surface area (Å²) in [4.78, 5) is 0. The van der Waals surface area contributed by atoms with E-state index in [2.05, 4.69) is 17.0 Å². The number of nitrogens with one attached hydrogen (secondary N) is 2. The van der Waals surface area contributed by atoms with Crippen LogP contribution in [0.2, 0.25) is 0 Å². The molecule has 4 nitrogen and oxygen atoms in total. The van der Waals surface area contributed by atoms with E-state index in [1.807, 2.05) is 0 Å². The summed E-state index contributed by atoms with van der Waals surface area (Å²) in [7, 11) is -3.33. The molecule has 1 rings (SSSR count). The summed E-state index contributed by atoms with van der Waals surface area (Å²) in [5, 5.41) is 3.22. The second-order valence-corrected chi connectivity index (χ2v) is 6.61. The molecule has 0 bridgehead atoms. The number of hydrogen-bond acceptors (Lipinski definition) is 3. The highest BCUT2D eigenvalue weighted by Gasteiger charge is 2.10. The molecule has 0 aliphatic heterocycles. The molecule has 1 aromatic carbocycles. The second-order valence-electron chi connectivity index (χ2n) is 4.69. The molecule has 0 aromatic heterocycles. The lowest BCUT2D eigenvalue weighted by Gasteiger charge is -2.08. The third-order valence-corrected chi connectivity index (χ3v) is 4.29. The van der Waals surface area contributed by atoms with Crippen molar-refractivity contribution in [3.63, 3.8) is 0 Å². The van der Waals surface area contributed by atoms with Gasteiger partial charge in [0.25, 0.3) is 0 Å². The van der Waals surface area contributed by atoms with Crippen molar-refractivity contribution in [1.82, 2.24) is 10.0 Å². The Labute approximate surface area is 120 Å². The monoisotopic (exact) mass is 302 g/mol. The lowest BCUT2D eigenvalue weighted by molar-refractivity contribution is 0.567. The van der Waals surface area contributed by atoms with Gasteiger partial charge in [-0.15, -0.1) is 0 Å². The summed E-state index contributed by atoms with van der Waals surface area (Å²) in [6.45, 7) is 3.88. The van der Waals surface area contributed by atoms with E-state index < -0.39 is 10.0 Å². The van der Waals surface area contributed by atoms with Crippen LogP contribution in [0.25, 0.3) is 0 Å². The average Bonchev–Trinajstić information content (AvgIpc) is 2.42. The Morgan fingerprint density at radius 1 is 1.15 bits per heavy atom. The third-order valence-electron chi connectivity index (χ3n) is 2.88. The zero-order valence-electron chi connectivity index (χ0n) is 11.9. The van der Waals surface area contributed by atoms with Crippen molar-refractivity contribution in [3.05, 3.63) is 35.6 Å². The van der Waals surface area contributed by atoms with E-state index in [0.29, 0.717) is 12.0 Å².